The smallest absolute Gasteiger partial charge is 0.170 e. The zero-order valence-electron chi connectivity index (χ0n) is 15.9. The molecule has 2 unspecified atom stereocenters. The normalized spacial score (nSPS) is 19.3. The van der Waals surface area contributed by atoms with Gasteiger partial charge in [-0.1, -0.05) is 35.8 Å². The van der Waals surface area contributed by atoms with Gasteiger partial charge in [-0.3, -0.25) is 4.98 Å². The van der Waals surface area contributed by atoms with Gasteiger partial charge in [-0.25, -0.2) is 0 Å². The standard InChI is InChI=1S/C22H23BrN4S/c1-15(2)14-27-21(20(25-22(27)28)18-6-3-4-12-24-18)19-7-5-13-26(19)17-10-8-16(23)9-11-17/h3-13,15,20-21H,14H2,1-2H3,(H,25,28). The lowest BCUT2D eigenvalue weighted by molar-refractivity contribution is 0.280. The van der Waals surface area contributed by atoms with E-state index in [1.807, 2.05) is 18.3 Å². The highest BCUT2D eigenvalue weighted by Crippen LogP contribution is 2.39. The highest BCUT2D eigenvalue weighted by atomic mass is 79.9. The Balaban J connectivity index is 1.80. The van der Waals surface area contributed by atoms with Crippen molar-refractivity contribution >= 4 is 33.3 Å². The fourth-order valence-electron chi connectivity index (χ4n) is 3.79. The predicted octanol–water partition coefficient (Wildman–Crippen LogP) is 5.26. The largest absolute Gasteiger partial charge is 0.352 e. The Kier molecular flexibility index (Phi) is 5.51. The van der Waals surface area contributed by atoms with E-state index in [1.54, 1.807) is 0 Å². The van der Waals surface area contributed by atoms with Crippen molar-refractivity contribution in [3.05, 3.63) is 82.9 Å². The first-order valence-electron chi connectivity index (χ1n) is 9.46. The molecule has 0 aliphatic carbocycles. The van der Waals surface area contributed by atoms with Gasteiger partial charge in [0.1, 0.15) is 0 Å². The number of hydrogen-bond acceptors (Lipinski definition) is 2. The van der Waals surface area contributed by atoms with Crippen molar-refractivity contribution in [3.63, 3.8) is 0 Å². The average Bonchev–Trinajstić information content (AvgIpc) is 3.28. The fraction of sp³-hybridized carbons (Fsp3) is 0.273. The number of thiocarbonyl (C=S) groups is 1. The van der Waals surface area contributed by atoms with Gasteiger partial charge in [0.2, 0.25) is 0 Å². The van der Waals surface area contributed by atoms with E-state index in [9.17, 15) is 0 Å². The van der Waals surface area contributed by atoms with Crippen LogP contribution in [-0.2, 0) is 0 Å². The van der Waals surface area contributed by atoms with Gasteiger partial charge in [-0.15, -0.1) is 0 Å². The van der Waals surface area contributed by atoms with Gasteiger partial charge < -0.3 is 14.8 Å². The summed E-state index contributed by atoms with van der Waals surface area (Å²) < 4.78 is 3.32. The molecule has 3 aromatic rings. The lowest BCUT2D eigenvalue weighted by atomic mass is 10.0. The molecule has 0 bridgehead atoms. The minimum atomic E-state index is 0.0107. The van der Waals surface area contributed by atoms with Crippen molar-refractivity contribution in [1.29, 1.82) is 0 Å². The minimum absolute atomic E-state index is 0.0107. The summed E-state index contributed by atoms with van der Waals surface area (Å²) in [5, 5.41) is 4.32. The van der Waals surface area contributed by atoms with E-state index in [0.717, 1.165) is 27.5 Å². The second-order valence-electron chi connectivity index (χ2n) is 7.45. The molecule has 4 rings (SSSR count). The van der Waals surface area contributed by atoms with Crippen LogP contribution >= 0.6 is 28.1 Å². The van der Waals surface area contributed by atoms with Gasteiger partial charge in [-0.2, -0.15) is 0 Å². The van der Waals surface area contributed by atoms with Crippen molar-refractivity contribution in [2.45, 2.75) is 25.9 Å². The van der Waals surface area contributed by atoms with Gasteiger partial charge in [0.15, 0.2) is 5.11 Å². The summed E-state index contributed by atoms with van der Waals surface area (Å²) in [5.74, 6) is 0.501. The van der Waals surface area contributed by atoms with E-state index in [2.05, 4.69) is 98.2 Å². The number of nitrogens with zero attached hydrogens (tertiary/aromatic N) is 3. The van der Waals surface area contributed by atoms with Gasteiger partial charge in [0.05, 0.1) is 17.8 Å². The third-order valence-electron chi connectivity index (χ3n) is 4.95. The summed E-state index contributed by atoms with van der Waals surface area (Å²) in [6.45, 7) is 5.34. The van der Waals surface area contributed by atoms with Crippen molar-refractivity contribution in [3.8, 4) is 5.69 Å². The molecule has 0 saturated carbocycles. The molecule has 1 saturated heterocycles. The van der Waals surface area contributed by atoms with Crippen LogP contribution in [0.4, 0.5) is 0 Å². The van der Waals surface area contributed by atoms with Crippen molar-refractivity contribution < 1.29 is 0 Å². The van der Waals surface area contributed by atoms with Gasteiger partial charge in [-0.05, 0) is 66.7 Å². The van der Waals surface area contributed by atoms with E-state index >= 15 is 0 Å². The second-order valence-corrected chi connectivity index (χ2v) is 8.75. The van der Waals surface area contributed by atoms with Gasteiger partial charge in [0, 0.05) is 34.8 Å². The molecular formula is C22H23BrN4S. The third kappa shape index (κ3) is 3.71. The molecule has 4 nitrogen and oxygen atoms in total. The van der Waals surface area contributed by atoms with E-state index in [1.165, 1.54) is 5.69 Å². The molecule has 1 N–H and O–H groups in total. The van der Waals surface area contributed by atoms with Gasteiger partial charge in [0.25, 0.3) is 0 Å². The summed E-state index contributed by atoms with van der Waals surface area (Å²) in [5.41, 5.74) is 3.33. The van der Waals surface area contributed by atoms with Crippen LogP contribution in [0.3, 0.4) is 0 Å². The van der Waals surface area contributed by atoms with Crippen LogP contribution in [0.25, 0.3) is 5.69 Å². The van der Waals surface area contributed by atoms with E-state index in [0.29, 0.717) is 5.92 Å². The Bertz CT molecular complexity index is 952. The monoisotopic (exact) mass is 454 g/mol. The SMILES string of the molecule is CC(C)CN1C(=S)NC(c2ccccn2)C1c1cccn1-c1ccc(Br)cc1. The molecule has 1 fully saturated rings. The summed E-state index contributed by atoms with van der Waals surface area (Å²) in [7, 11) is 0. The Hall–Kier alpha value is -2.18. The van der Waals surface area contributed by atoms with Crippen molar-refractivity contribution in [1.82, 2.24) is 19.8 Å². The molecule has 28 heavy (non-hydrogen) atoms. The highest BCUT2D eigenvalue weighted by Gasteiger charge is 2.41. The first kappa shape index (κ1) is 19.2. The minimum Gasteiger partial charge on any atom is -0.352 e. The van der Waals surface area contributed by atoms with E-state index < -0.39 is 0 Å². The Labute approximate surface area is 179 Å². The van der Waals surface area contributed by atoms with Crippen LogP contribution in [0.5, 0.6) is 0 Å². The number of halogens is 1. The second kappa shape index (κ2) is 8.05. The number of pyridine rings is 1. The van der Waals surface area contributed by atoms with Gasteiger partial charge >= 0.3 is 0 Å². The molecular weight excluding hydrogens is 432 g/mol. The molecule has 1 aliphatic rings. The highest BCUT2D eigenvalue weighted by molar-refractivity contribution is 9.10. The zero-order valence-corrected chi connectivity index (χ0v) is 18.3. The third-order valence-corrected chi connectivity index (χ3v) is 5.83. The maximum atomic E-state index is 5.74. The topological polar surface area (TPSA) is 33.1 Å². The van der Waals surface area contributed by atoms with Crippen molar-refractivity contribution in [2.75, 3.05) is 6.54 Å². The Morgan fingerprint density at radius 2 is 1.89 bits per heavy atom. The quantitative estimate of drug-likeness (QED) is 0.532. The molecule has 0 spiro atoms. The average molecular weight is 455 g/mol. The Morgan fingerprint density at radius 1 is 1.11 bits per heavy atom. The van der Waals surface area contributed by atoms with Crippen LogP contribution in [0.1, 0.15) is 37.3 Å². The molecule has 3 heterocycles. The summed E-state index contributed by atoms with van der Waals surface area (Å²) >= 11 is 9.26. The fourth-order valence-corrected chi connectivity index (χ4v) is 4.37. The summed E-state index contributed by atoms with van der Waals surface area (Å²) in [4.78, 5) is 6.93. The number of aromatic nitrogens is 2. The molecule has 0 radical (unpaired) electrons. The maximum Gasteiger partial charge on any atom is 0.170 e. The lowest BCUT2D eigenvalue weighted by Gasteiger charge is -2.30. The van der Waals surface area contributed by atoms with E-state index in [4.69, 9.17) is 12.2 Å². The molecule has 2 atom stereocenters. The molecule has 1 aromatic carbocycles. The van der Waals surface area contributed by atoms with Crippen molar-refractivity contribution in [2.24, 2.45) is 5.92 Å². The molecule has 0 amide bonds. The van der Waals surface area contributed by atoms with E-state index in [-0.39, 0.29) is 12.1 Å². The number of rotatable bonds is 5. The number of nitrogens with one attached hydrogen (secondary N) is 1. The molecule has 144 valence electrons. The molecule has 2 aromatic heterocycles. The summed E-state index contributed by atoms with van der Waals surface area (Å²) in [6.07, 6.45) is 3.96. The van der Waals surface area contributed by atoms with Crippen LogP contribution in [0.2, 0.25) is 0 Å². The summed E-state index contributed by atoms with van der Waals surface area (Å²) in [6, 6.07) is 18.8. The number of benzene rings is 1. The molecule has 6 heteroatoms. The zero-order chi connectivity index (χ0) is 19.7. The predicted molar refractivity (Wildman–Crippen MR) is 120 cm³/mol. The van der Waals surface area contributed by atoms with Crippen LogP contribution in [0, 0.1) is 5.92 Å². The Morgan fingerprint density at radius 3 is 2.57 bits per heavy atom. The number of hydrogen-bond donors (Lipinski definition) is 1. The van der Waals surface area contributed by atoms with Crippen LogP contribution < -0.4 is 5.32 Å². The van der Waals surface area contributed by atoms with Crippen LogP contribution in [-0.4, -0.2) is 26.1 Å². The first-order valence-corrected chi connectivity index (χ1v) is 10.7. The lowest BCUT2D eigenvalue weighted by Crippen LogP contribution is -2.33. The van der Waals surface area contributed by atoms with Crippen LogP contribution in [0.15, 0.2) is 71.5 Å². The molecule has 1 aliphatic heterocycles. The first-order chi connectivity index (χ1) is 13.5. The maximum absolute atomic E-state index is 5.74.